The van der Waals surface area contributed by atoms with Gasteiger partial charge >= 0.3 is 6.18 Å². The van der Waals surface area contributed by atoms with E-state index >= 15 is 0 Å². The van der Waals surface area contributed by atoms with Crippen molar-refractivity contribution in [1.82, 2.24) is 4.98 Å². The highest BCUT2D eigenvalue weighted by Crippen LogP contribution is 2.35. The molecule has 1 aromatic carbocycles. The molecule has 0 aliphatic rings. The van der Waals surface area contributed by atoms with Gasteiger partial charge in [0.25, 0.3) is 5.56 Å². The number of nitriles is 1. The smallest absolute Gasteiger partial charge is 0.325 e. The second-order valence-corrected chi connectivity index (χ2v) is 4.35. The van der Waals surface area contributed by atoms with Gasteiger partial charge < -0.3 is 4.98 Å². The number of aromatic nitrogens is 1. The van der Waals surface area contributed by atoms with Gasteiger partial charge in [-0.25, -0.2) is 4.39 Å². The number of benzene rings is 1. The topological polar surface area (TPSA) is 56.6 Å². The number of halogens is 4. The summed E-state index contributed by atoms with van der Waals surface area (Å²) in [5.41, 5.74) is -2.94. The van der Waals surface area contributed by atoms with E-state index in [9.17, 15) is 22.4 Å². The first kappa shape index (κ1) is 14.8. The molecule has 0 unspecified atom stereocenters. The maximum atomic E-state index is 14.1. The van der Waals surface area contributed by atoms with Crippen LogP contribution in [0.5, 0.6) is 0 Å². The van der Waals surface area contributed by atoms with Crippen molar-refractivity contribution in [3.63, 3.8) is 0 Å². The number of rotatable bonds is 1. The molecule has 1 heterocycles. The summed E-state index contributed by atoms with van der Waals surface area (Å²) in [6.45, 7) is 1.48. The normalized spacial score (nSPS) is 11.2. The number of alkyl halides is 3. The summed E-state index contributed by atoms with van der Waals surface area (Å²) in [7, 11) is 0. The van der Waals surface area contributed by atoms with Gasteiger partial charge in [-0.05, 0) is 19.1 Å². The van der Waals surface area contributed by atoms with Gasteiger partial charge in [-0.15, -0.1) is 0 Å². The molecule has 0 amide bonds. The van der Waals surface area contributed by atoms with Crippen LogP contribution in [0.15, 0.2) is 29.1 Å². The molecule has 2 aromatic rings. The molecule has 0 aliphatic carbocycles. The second-order valence-electron chi connectivity index (χ2n) is 4.35. The van der Waals surface area contributed by atoms with Crippen LogP contribution in [0.3, 0.4) is 0 Å². The third kappa shape index (κ3) is 2.65. The zero-order valence-electron chi connectivity index (χ0n) is 10.7. The first-order valence-electron chi connectivity index (χ1n) is 5.76. The lowest BCUT2D eigenvalue weighted by molar-refractivity contribution is -0.139. The molecule has 1 aromatic heterocycles. The average Bonchev–Trinajstić information content (AvgIpc) is 2.36. The van der Waals surface area contributed by atoms with Crippen LogP contribution in [-0.4, -0.2) is 4.98 Å². The molecule has 108 valence electrons. The molecular weight excluding hydrogens is 288 g/mol. The fraction of sp³-hybridized carbons (Fsp3) is 0.143. The molecule has 7 heteroatoms. The Hall–Kier alpha value is -2.62. The minimum Gasteiger partial charge on any atom is -0.325 e. The van der Waals surface area contributed by atoms with Gasteiger partial charge in [-0.1, -0.05) is 12.1 Å². The van der Waals surface area contributed by atoms with E-state index < -0.39 is 34.2 Å². The number of hydrogen-bond donors (Lipinski definition) is 1. The third-order valence-electron chi connectivity index (χ3n) is 2.87. The highest BCUT2D eigenvalue weighted by atomic mass is 19.4. The van der Waals surface area contributed by atoms with Gasteiger partial charge in [0.05, 0.1) is 5.56 Å². The fourth-order valence-corrected chi connectivity index (χ4v) is 1.97. The average molecular weight is 296 g/mol. The molecule has 0 aliphatic heterocycles. The number of aromatic amines is 1. The molecule has 0 bridgehead atoms. The van der Waals surface area contributed by atoms with Crippen LogP contribution in [0.1, 0.15) is 16.8 Å². The van der Waals surface area contributed by atoms with Crippen LogP contribution in [-0.2, 0) is 6.18 Å². The summed E-state index contributed by atoms with van der Waals surface area (Å²) in [6.07, 6.45) is -4.86. The summed E-state index contributed by atoms with van der Waals surface area (Å²) >= 11 is 0. The highest BCUT2D eigenvalue weighted by molar-refractivity contribution is 5.71. The van der Waals surface area contributed by atoms with Crippen molar-refractivity contribution in [3.05, 3.63) is 57.3 Å². The van der Waals surface area contributed by atoms with E-state index in [0.717, 1.165) is 12.1 Å². The number of H-pyrrole nitrogens is 1. The molecule has 1 N–H and O–H groups in total. The Labute approximate surface area is 116 Å². The maximum absolute atomic E-state index is 14.1. The van der Waals surface area contributed by atoms with Crippen LogP contribution in [0.2, 0.25) is 0 Å². The third-order valence-corrected chi connectivity index (χ3v) is 2.87. The van der Waals surface area contributed by atoms with Crippen molar-refractivity contribution >= 4 is 0 Å². The van der Waals surface area contributed by atoms with Crippen LogP contribution >= 0.6 is 0 Å². The van der Waals surface area contributed by atoms with E-state index in [1.807, 2.05) is 0 Å². The van der Waals surface area contributed by atoms with Crippen molar-refractivity contribution in [3.8, 4) is 17.2 Å². The fourth-order valence-electron chi connectivity index (χ4n) is 1.97. The Morgan fingerprint density at radius 3 is 2.48 bits per heavy atom. The SMILES string of the molecule is Cc1cc(-c2cccc(C(F)(F)F)c2F)c(C#N)c(=O)[nH]1. The summed E-state index contributed by atoms with van der Waals surface area (Å²) in [5, 5.41) is 8.96. The van der Waals surface area contributed by atoms with E-state index in [0.29, 0.717) is 11.8 Å². The Balaban J connectivity index is 2.81. The van der Waals surface area contributed by atoms with Crippen molar-refractivity contribution in [1.29, 1.82) is 5.26 Å². The number of pyridine rings is 1. The largest absolute Gasteiger partial charge is 0.419 e. The minimum atomic E-state index is -4.86. The van der Waals surface area contributed by atoms with Gasteiger partial charge in [0.15, 0.2) is 0 Å². The molecule has 3 nitrogen and oxygen atoms in total. The maximum Gasteiger partial charge on any atom is 0.419 e. The van der Waals surface area contributed by atoms with Gasteiger partial charge in [0.2, 0.25) is 0 Å². The first-order chi connectivity index (χ1) is 9.75. The molecular formula is C14H8F4N2O. The van der Waals surface area contributed by atoms with Gasteiger partial charge in [0, 0.05) is 16.8 Å². The predicted molar refractivity (Wildman–Crippen MR) is 66.9 cm³/mol. The van der Waals surface area contributed by atoms with Crippen LogP contribution in [0.4, 0.5) is 17.6 Å². The Kier molecular flexibility index (Phi) is 3.56. The standard InChI is InChI=1S/C14H8F4N2O/c1-7-5-9(10(6-19)13(21)20-7)8-3-2-4-11(12(8)15)14(16,17)18/h2-5H,1H3,(H,20,21). The lowest BCUT2D eigenvalue weighted by Gasteiger charge is -2.12. The molecule has 21 heavy (non-hydrogen) atoms. The zero-order valence-corrected chi connectivity index (χ0v) is 10.7. The lowest BCUT2D eigenvalue weighted by atomic mass is 9.98. The molecule has 0 saturated carbocycles. The van der Waals surface area contributed by atoms with Crippen LogP contribution < -0.4 is 5.56 Å². The number of aryl methyl sites for hydroxylation is 1. The Morgan fingerprint density at radius 2 is 1.90 bits per heavy atom. The summed E-state index contributed by atoms with van der Waals surface area (Å²) in [5.74, 6) is -1.51. The number of nitrogens with zero attached hydrogens (tertiary/aromatic N) is 1. The lowest BCUT2D eigenvalue weighted by Crippen LogP contribution is -2.14. The quantitative estimate of drug-likeness (QED) is 0.820. The van der Waals surface area contributed by atoms with Crippen LogP contribution in [0.25, 0.3) is 11.1 Å². The molecule has 0 fully saturated rings. The summed E-state index contributed by atoms with van der Waals surface area (Å²) < 4.78 is 52.2. The van der Waals surface area contributed by atoms with Crippen molar-refractivity contribution < 1.29 is 17.6 Å². The summed E-state index contributed by atoms with van der Waals surface area (Å²) in [4.78, 5) is 14.0. The van der Waals surface area contributed by atoms with Gasteiger partial charge in [-0.2, -0.15) is 18.4 Å². The van der Waals surface area contributed by atoms with Gasteiger partial charge in [-0.3, -0.25) is 4.79 Å². The van der Waals surface area contributed by atoms with Crippen LogP contribution in [0, 0.1) is 24.1 Å². The van der Waals surface area contributed by atoms with E-state index in [1.54, 1.807) is 6.07 Å². The zero-order chi connectivity index (χ0) is 15.8. The number of hydrogen-bond acceptors (Lipinski definition) is 2. The van der Waals surface area contributed by atoms with E-state index in [4.69, 9.17) is 5.26 Å². The first-order valence-corrected chi connectivity index (χ1v) is 5.76. The van der Waals surface area contributed by atoms with E-state index in [1.165, 1.54) is 13.0 Å². The minimum absolute atomic E-state index is 0.164. The van der Waals surface area contributed by atoms with Gasteiger partial charge in [0.1, 0.15) is 17.4 Å². The Bertz CT molecular complexity index is 800. The number of nitrogens with one attached hydrogen (secondary N) is 1. The van der Waals surface area contributed by atoms with Crippen molar-refractivity contribution in [2.75, 3.05) is 0 Å². The molecule has 0 saturated heterocycles. The second kappa shape index (κ2) is 5.05. The van der Waals surface area contributed by atoms with Crippen molar-refractivity contribution in [2.45, 2.75) is 13.1 Å². The highest BCUT2D eigenvalue weighted by Gasteiger charge is 2.35. The molecule has 0 radical (unpaired) electrons. The van der Waals surface area contributed by atoms with E-state index in [-0.39, 0.29) is 5.56 Å². The molecule has 0 spiro atoms. The Morgan fingerprint density at radius 1 is 1.24 bits per heavy atom. The summed E-state index contributed by atoms with van der Waals surface area (Å²) in [6, 6.07) is 5.57. The van der Waals surface area contributed by atoms with Crippen molar-refractivity contribution in [2.24, 2.45) is 0 Å². The monoisotopic (exact) mass is 296 g/mol. The predicted octanol–water partition coefficient (Wildman–Crippen LogP) is 3.38. The van der Waals surface area contributed by atoms with E-state index in [2.05, 4.69) is 4.98 Å². The molecule has 2 rings (SSSR count). The molecule has 0 atom stereocenters.